The molecule has 0 bridgehead atoms. The van der Waals surface area contributed by atoms with Gasteiger partial charge in [0.1, 0.15) is 4.83 Å². The molecule has 0 fully saturated rings. The zero-order valence-electron chi connectivity index (χ0n) is 11.8. The predicted molar refractivity (Wildman–Crippen MR) is 82.2 cm³/mol. The quantitative estimate of drug-likeness (QED) is 0.817. The van der Waals surface area contributed by atoms with Crippen molar-refractivity contribution < 1.29 is 9.90 Å². The fourth-order valence-corrected chi connectivity index (χ4v) is 3.24. The second-order valence-corrected chi connectivity index (χ2v) is 6.08. The van der Waals surface area contributed by atoms with Gasteiger partial charge in [0, 0.05) is 17.8 Å². The van der Waals surface area contributed by atoms with E-state index in [1.807, 2.05) is 6.07 Å². The molecule has 2 heterocycles. The molecule has 2 N–H and O–H groups in total. The van der Waals surface area contributed by atoms with Gasteiger partial charge in [-0.15, -0.1) is 11.3 Å². The number of nitrogens with one attached hydrogen (secondary N) is 1. The van der Waals surface area contributed by atoms with Gasteiger partial charge in [-0.05, 0) is 25.3 Å². The van der Waals surface area contributed by atoms with Crippen molar-refractivity contribution in [2.45, 2.75) is 45.6 Å². The van der Waals surface area contributed by atoms with E-state index in [4.69, 9.17) is 5.11 Å². The first-order chi connectivity index (χ1) is 10.0. The topological polar surface area (TPSA) is 92.2 Å². The lowest BCUT2D eigenvalue weighted by molar-refractivity contribution is -0.137. The van der Waals surface area contributed by atoms with Gasteiger partial charge >= 0.3 is 11.7 Å². The van der Waals surface area contributed by atoms with Gasteiger partial charge in [0.25, 0.3) is 5.56 Å². The van der Waals surface area contributed by atoms with Gasteiger partial charge < -0.3 is 5.11 Å². The zero-order chi connectivity index (χ0) is 15.4. The van der Waals surface area contributed by atoms with Gasteiger partial charge in [0.2, 0.25) is 0 Å². The third kappa shape index (κ3) is 3.60. The van der Waals surface area contributed by atoms with Crippen molar-refractivity contribution in [3.63, 3.8) is 0 Å². The van der Waals surface area contributed by atoms with E-state index in [0.29, 0.717) is 10.2 Å². The summed E-state index contributed by atoms with van der Waals surface area (Å²) in [4.78, 5) is 39.1. The molecule has 114 valence electrons. The van der Waals surface area contributed by atoms with Crippen LogP contribution in [0.25, 0.3) is 10.2 Å². The van der Waals surface area contributed by atoms with E-state index in [2.05, 4.69) is 11.9 Å². The molecule has 0 aliphatic heterocycles. The highest BCUT2D eigenvalue weighted by atomic mass is 32.1. The zero-order valence-corrected chi connectivity index (χ0v) is 12.7. The Morgan fingerprint density at radius 1 is 1.38 bits per heavy atom. The summed E-state index contributed by atoms with van der Waals surface area (Å²) in [5, 5.41) is 9.13. The van der Waals surface area contributed by atoms with E-state index in [-0.39, 0.29) is 24.9 Å². The van der Waals surface area contributed by atoms with E-state index >= 15 is 0 Å². The molecule has 0 radical (unpaired) electrons. The largest absolute Gasteiger partial charge is 0.481 e. The summed E-state index contributed by atoms with van der Waals surface area (Å²) in [5.74, 6) is -0.932. The Kier molecular flexibility index (Phi) is 4.95. The first-order valence-electron chi connectivity index (χ1n) is 7.00. The van der Waals surface area contributed by atoms with Gasteiger partial charge in [0.15, 0.2) is 0 Å². The third-order valence-corrected chi connectivity index (χ3v) is 4.38. The first-order valence-corrected chi connectivity index (χ1v) is 7.82. The van der Waals surface area contributed by atoms with Gasteiger partial charge in [-0.1, -0.05) is 13.3 Å². The maximum Gasteiger partial charge on any atom is 0.329 e. The summed E-state index contributed by atoms with van der Waals surface area (Å²) in [6, 6.07) is 1.83. The number of thiophene rings is 1. The number of carboxylic acids is 1. The molecule has 0 saturated heterocycles. The highest BCUT2D eigenvalue weighted by molar-refractivity contribution is 7.18. The second-order valence-electron chi connectivity index (χ2n) is 4.94. The number of H-pyrrole nitrogens is 1. The van der Waals surface area contributed by atoms with Crippen molar-refractivity contribution >= 4 is 27.5 Å². The minimum Gasteiger partial charge on any atom is -0.481 e. The van der Waals surface area contributed by atoms with Crippen LogP contribution in [-0.2, 0) is 17.8 Å². The number of aromatic amines is 1. The summed E-state index contributed by atoms with van der Waals surface area (Å²) in [7, 11) is 0. The Bertz CT molecular complexity index is 756. The number of unbranched alkanes of at least 4 members (excludes halogenated alkanes) is 1. The maximum atomic E-state index is 12.3. The first kappa shape index (κ1) is 15.5. The van der Waals surface area contributed by atoms with Crippen LogP contribution < -0.4 is 11.2 Å². The highest BCUT2D eigenvalue weighted by Crippen LogP contribution is 2.21. The fourth-order valence-electron chi connectivity index (χ4n) is 2.16. The van der Waals surface area contributed by atoms with Crippen molar-refractivity contribution in [3.05, 3.63) is 31.8 Å². The van der Waals surface area contributed by atoms with E-state index in [9.17, 15) is 14.4 Å². The minimum atomic E-state index is -0.932. The highest BCUT2D eigenvalue weighted by Gasteiger charge is 2.11. The molecule has 7 heteroatoms. The number of aromatic nitrogens is 2. The maximum absolute atomic E-state index is 12.3. The van der Waals surface area contributed by atoms with Crippen LogP contribution in [0.5, 0.6) is 0 Å². The van der Waals surface area contributed by atoms with Crippen molar-refractivity contribution in [1.82, 2.24) is 9.55 Å². The Morgan fingerprint density at radius 2 is 2.14 bits per heavy atom. The van der Waals surface area contributed by atoms with Crippen LogP contribution in [0.2, 0.25) is 0 Å². The molecule has 2 rings (SSSR count). The van der Waals surface area contributed by atoms with Crippen LogP contribution in [0.4, 0.5) is 0 Å². The molecular weight excluding hydrogens is 292 g/mol. The molecule has 0 aliphatic carbocycles. The SMILES string of the molecule is CCCCc1cc2c(=O)n(CCCC(=O)O)c(=O)[nH]c2s1. The van der Waals surface area contributed by atoms with Gasteiger partial charge in [-0.3, -0.25) is 19.1 Å². The fraction of sp³-hybridized carbons (Fsp3) is 0.500. The van der Waals surface area contributed by atoms with Crippen molar-refractivity contribution in [2.24, 2.45) is 0 Å². The summed E-state index contributed by atoms with van der Waals surface area (Å²) in [5.41, 5.74) is -0.806. The predicted octanol–water partition coefficient (Wildman–Crippen LogP) is 1.96. The monoisotopic (exact) mass is 310 g/mol. The lowest BCUT2D eigenvalue weighted by Crippen LogP contribution is -2.34. The number of carbonyl (C=O) groups is 1. The second kappa shape index (κ2) is 6.71. The molecule has 6 nitrogen and oxygen atoms in total. The number of hydrogen-bond donors (Lipinski definition) is 2. The molecule has 21 heavy (non-hydrogen) atoms. The molecule has 0 aliphatic rings. The summed E-state index contributed by atoms with van der Waals surface area (Å²) >= 11 is 1.44. The van der Waals surface area contributed by atoms with Crippen LogP contribution in [-0.4, -0.2) is 20.6 Å². The Hall–Kier alpha value is -1.89. The molecule has 2 aromatic rings. The van der Waals surface area contributed by atoms with Crippen molar-refractivity contribution in [2.75, 3.05) is 0 Å². The average Bonchev–Trinajstić information content (AvgIpc) is 2.83. The number of carboxylic acid groups (broad SMARTS) is 1. The Balaban J connectivity index is 2.32. The number of fused-ring (bicyclic) bond motifs is 1. The molecule has 2 aromatic heterocycles. The molecule has 0 saturated carbocycles. The third-order valence-electron chi connectivity index (χ3n) is 3.27. The lowest BCUT2D eigenvalue weighted by Gasteiger charge is -2.02. The number of aryl methyl sites for hydroxylation is 1. The summed E-state index contributed by atoms with van der Waals surface area (Å²) < 4.78 is 1.08. The molecule has 0 spiro atoms. The average molecular weight is 310 g/mol. The molecular formula is C14H18N2O4S. The molecule has 0 amide bonds. The Morgan fingerprint density at radius 3 is 2.81 bits per heavy atom. The number of nitrogens with zero attached hydrogens (tertiary/aromatic N) is 1. The van der Waals surface area contributed by atoms with Crippen LogP contribution in [0.15, 0.2) is 15.7 Å². The van der Waals surface area contributed by atoms with E-state index in [0.717, 1.165) is 28.7 Å². The minimum absolute atomic E-state index is 0.0602. The van der Waals surface area contributed by atoms with E-state index < -0.39 is 11.7 Å². The van der Waals surface area contributed by atoms with Crippen molar-refractivity contribution in [1.29, 1.82) is 0 Å². The van der Waals surface area contributed by atoms with Crippen molar-refractivity contribution in [3.8, 4) is 0 Å². The molecule has 0 unspecified atom stereocenters. The smallest absolute Gasteiger partial charge is 0.329 e. The Labute approximate surface area is 125 Å². The number of hydrogen-bond acceptors (Lipinski definition) is 4. The summed E-state index contributed by atoms with van der Waals surface area (Å²) in [6.07, 6.45) is 3.22. The van der Waals surface area contributed by atoms with E-state index in [1.54, 1.807) is 0 Å². The van der Waals surface area contributed by atoms with E-state index in [1.165, 1.54) is 11.3 Å². The normalized spacial score (nSPS) is 11.1. The van der Waals surface area contributed by atoms with Crippen LogP contribution >= 0.6 is 11.3 Å². The van der Waals surface area contributed by atoms with Gasteiger partial charge in [-0.2, -0.15) is 0 Å². The van der Waals surface area contributed by atoms with Crippen LogP contribution in [0, 0.1) is 0 Å². The lowest BCUT2D eigenvalue weighted by atomic mass is 10.2. The van der Waals surface area contributed by atoms with Crippen LogP contribution in [0.3, 0.4) is 0 Å². The molecule has 0 aromatic carbocycles. The number of aliphatic carboxylic acids is 1. The standard InChI is InChI=1S/C14H18N2O4S/c1-2-3-5-9-8-10-12(21-9)15-14(20)16(13(10)19)7-4-6-11(17)18/h8H,2-7H2,1H3,(H,15,20)(H,17,18). The molecule has 0 atom stereocenters. The van der Waals surface area contributed by atoms with Crippen LogP contribution in [0.1, 0.15) is 37.5 Å². The summed E-state index contributed by atoms with van der Waals surface area (Å²) in [6.45, 7) is 2.22. The number of rotatable bonds is 7. The van der Waals surface area contributed by atoms with Gasteiger partial charge in [0.05, 0.1) is 5.39 Å². The van der Waals surface area contributed by atoms with Gasteiger partial charge in [-0.25, -0.2) is 4.79 Å².